The van der Waals surface area contributed by atoms with E-state index < -0.39 is 6.43 Å². The molecule has 0 aliphatic heterocycles. The highest BCUT2D eigenvalue weighted by atomic mass is 19.3. The summed E-state index contributed by atoms with van der Waals surface area (Å²) < 4.78 is 28.7. The molecule has 0 amide bonds. The fourth-order valence-electron chi connectivity index (χ4n) is 1.07. The summed E-state index contributed by atoms with van der Waals surface area (Å²) in [7, 11) is 0. The molecule has 15 heavy (non-hydrogen) atoms. The molecule has 1 aromatic carbocycles. The topological polar surface area (TPSA) is 26.3 Å². The molecule has 0 bridgehead atoms. The zero-order valence-corrected chi connectivity index (χ0v) is 8.37. The Hall–Kier alpha value is -1.45. The molecule has 0 atom stereocenters. The fourth-order valence-corrected chi connectivity index (χ4v) is 1.07. The zero-order chi connectivity index (χ0) is 11.3. The van der Waals surface area contributed by atoms with Crippen molar-refractivity contribution in [3.8, 4) is 5.75 Å². The number of ether oxygens (including phenoxy) is 1. The zero-order valence-electron chi connectivity index (χ0n) is 8.37. The first-order valence-electron chi connectivity index (χ1n) is 4.61. The van der Waals surface area contributed by atoms with Crippen LogP contribution in [0.25, 0.3) is 0 Å². The molecular formula is C11H12F2O2. The first kappa shape index (κ1) is 11.6. The van der Waals surface area contributed by atoms with Gasteiger partial charge in [0, 0.05) is 12.0 Å². The number of rotatable bonds is 5. The lowest BCUT2D eigenvalue weighted by molar-refractivity contribution is 0.101. The minimum absolute atomic E-state index is 0.0426. The van der Waals surface area contributed by atoms with Crippen molar-refractivity contribution in [2.24, 2.45) is 0 Å². The van der Waals surface area contributed by atoms with Crippen LogP contribution in [0.5, 0.6) is 5.75 Å². The quantitative estimate of drug-likeness (QED) is 0.704. The Bertz CT molecular complexity index is 337. The second-order valence-electron chi connectivity index (χ2n) is 3.11. The minimum atomic E-state index is -2.36. The van der Waals surface area contributed by atoms with Gasteiger partial charge in [0.05, 0.1) is 6.61 Å². The number of hydrogen-bond acceptors (Lipinski definition) is 2. The number of carbonyl (C=O) groups is 1. The lowest BCUT2D eigenvalue weighted by Crippen LogP contribution is -2.03. The van der Waals surface area contributed by atoms with Crippen LogP contribution < -0.4 is 4.74 Å². The van der Waals surface area contributed by atoms with Crippen LogP contribution in [0.4, 0.5) is 8.78 Å². The smallest absolute Gasteiger partial charge is 0.241 e. The van der Waals surface area contributed by atoms with Gasteiger partial charge in [-0.2, -0.15) is 0 Å². The highest BCUT2D eigenvalue weighted by molar-refractivity contribution is 5.94. The number of Topliss-reactive ketones (excluding diaryl/α,β-unsaturated/α-hetero) is 1. The van der Waals surface area contributed by atoms with E-state index in [1.165, 1.54) is 6.92 Å². The van der Waals surface area contributed by atoms with Crippen molar-refractivity contribution in [1.82, 2.24) is 0 Å². The average Bonchev–Trinajstić information content (AvgIpc) is 2.17. The molecule has 0 saturated carbocycles. The highest BCUT2D eigenvalue weighted by Gasteiger charge is 2.04. The minimum Gasteiger partial charge on any atom is -0.493 e. The van der Waals surface area contributed by atoms with E-state index in [0.29, 0.717) is 11.3 Å². The van der Waals surface area contributed by atoms with Crippen LogP contribution in [0.1, 0.15) is 23.7 Å². The first-order valence-corrected chi connectivity index (χ1v) is 4.61. The number of alkyl halides is 2. The van der Waals surface area contributed by atoms with E-state index in [1.54, 1.807) is 24.3 Å². The molecule has 0 aliphatic rings. The molecule has 0 saturated heterocycles. The van der Waals surface area contributed by atoms with Crippen LogP contribution in [0.3, 0.4) is 0 Å². The third-order valence-corrected chi connectivity index (χ3v) is 1.85. The maximum atomic E-state index is 11.8. The van der Waals surface area contributed by atoms with Crippen LogP contribution in [0.2, 0.25) is 0 Å². The normalized spacial score (nSPS) is 10.4. The van der Waals surface area contributed by atoms with Crippen molar-refractivity contribution in [3.63, 3.8) is 0 Å². The molecule has 0 unspecified atom stereocenters. The number of benzene rings is 1. The number of hydrogen-bond donors (Lipinski definition) is 0. The van der Waals surface area contributed by atoms with Gasteiger partial charge in [0.15, 0.2) is 5.78 Å². The fraction of sp³-hybridized carbons (Fsp3) is 0.364. The molecular weight excluding hydrogens is 202 g/mol. The maximum Gasteiger partial charge on any atom is 0.241 e. The van der Waals surface area contributed by atoms with Crippen molar-refractivity contribution in [2.75, 3.05) is 6.61 Å². The first-order chi connectivity index (χ1) is 7.09. The van der Waals surface area contributed by atoms with E-state index in [0.717, 1.165) is 0 Å². The summed E-state index contributed by atoms with van der Waals surface area (Å²) in [5, 5.41) is 0. The lowest BCUT2D eigenvalue weighted by atomic mass is 10.1. The molecule has 0 N–H and O–H groups in total. The molecule has 1 rings (SSSR count). The average molecular weight is 214 g/mol. The van der Waals surface area contributed by atoms with Crippen LogP contribution in [-0.2, 0) is 0 Å². The summed E-state index contributed by atoms with van der Waals surface area (Å²) in [5.41, 5.74) is 0.518. The Labute approximate surface area is 86.9 Å². The second-order valence-corrected chi connectivity index (χ2v) is 3.11. The molecule has 4 heteroatoms. The van der Waals surface area contributed by atoms with Gasteiger partial charge in [0.2, 0.25) is 6.43 Å². The third-order valence-electron chi connectivity index (χ3n) is 1.85. The maximum absolute atomic E-state index is 11.8. The highest BCUT2D eigenvalue weighted by Crippen LogP contribution is 2.14. The van der Waals surface area contributed by atoms with Gasteiger partial charge in [-0.15, -0.1) is 0 Å². The van der Waals surface area contributed by atoms with E-state index >= 15 is 0 Å². The van der Waals surface area contributed by atoms with Gasteiger partial charge in [0.25, 0.3) is 0 Å². The van der Waals surface area contributed by atoms with E-state index in [1.807, 2.05) is 0 Å². The molecule has 0 spiro atoms. The largest absolute Gasteiger partial charge is 0.493 e. The summed E-state index contributed by atoms with van der Waals surface area (Å²) in [5.74, 6) is 0.373. The van der Waals surface area contributed by atoms with Gasteiger partial charge in [0.1, 0.15) is 5.75 Å². The van der Waals surface area contributed by atoms with E-state index in [2.05, 4.69) is 0 Å². The molecule has 0 radical (unpaired) electrons. The lowest BCUT2D eigenvalue weighted by Gasteiger charge is -2.06. The Kier molecular flexibility index (Phi) is 4.21. The van der Waals surface area contributed by atoms with Gasteiger partial charge in [-0.1, -0.05) is 12.1 Å². The Morgan fingerprint density at radius 3 is 2.80 bits per heavy atom. The predicted molar refractivity (Wildman–Crippen MR) is 52.6 cm³/mol. The Balaban J connectivity index is 2.54. The van der Waals surface area contributed by atoms with Crippen LogP contribution in [0, 0.1) is 0 Å². The number of halogens is 2. The standard InChI is InChI=1S/C11H12F2O2/c1-8(14)9-3-2-4-10(7-9)15-6-5-11(12)13/h2-4,7,11H,5-6H2,1H3. The molecule has 82 valence electrons. The van der Waals surface area contributed by atoms with Crippen molar-refractivity contribution in [3.05, 3.63) is 29.8 Å². The van der Waals surface area contributed by atoms with Crippen molar-refractivity contribution < 1.29 is 18.3 Å². The van der Waals surface area contributed by atoms with Gasteiger partial charge in [-0.25, -0.2) is 8.78 Å². The second kappa shape index (κ2) is 5.44. The van der Waals surface area contributed by atoms with Crippen molar-refractivity contribution >= 4 is 5.78 Å². The van der Waals surface area contributed by atoms with Gasteiger partial charge in [-0.05, 0) is 19.1 Å². The van der Waals surface area contributed by atoms with E-state index in [-0.39, 0.29) is 18.8 Å². The number of carbonyl (C=O) groups excluding carboxylic acids is 1. The molecule has 2 nitrogen and oxygen atoms in total. The van der Waals surface area contributed by atoms with Crippen LogP contribution >= 0.6 is 0 Å². The molecule has 0 fully saturated rings. The summed E-state index contributed by atoms with van der Waals surface area (Å²) >= 11 is 0. The van der Waals surface area contributed by atoms with Crippen molar-refractivity contribution in [1.29, 1.82) is 0 Å². The van der Waals surface area contributed by atoms with E-state index in [4.69, 9.17) is 4.74 Å². The summed E-state index contributed by atoms with van der Waals surface area (Å²) in [4.78, 5) is 11.0. The summed E-state index contributed by atoms with van der Waals surface area (Å²) in [6, 6.07) is 6.50. The SMILES string of the molecule is CC(=O)c1cccc(OCCC(F)F)c1. The van der Waals surface area contributed by atoms with E-state index in [9.17, 15) is 13.6 Å². The predicted octanol–water partition coefficient (Wildman–Crippen LogP) is 2.92. The van der Waals surface area contributed by atoms with Crippen LogP contribution in [-0.4, -0.2) is 18.8 Å². The van der Waals surface area contributed by atoms with Gasteiger partial charge < -0.3 is 4.74 Å². The monoisotopic (exact) mass is 214 g/mol. The van der Waals surface area contributed by atoms with Gasteiger partial charge >= 0.3 is 0 Å². The molecule has 0 heterocycles. The molecule has 0 aromatic heterocycles. The molecule has 0 aliphatic carbocycles. The van der Waals surface area contributed by atoms with Crippen LogP contribution in [0.15, 0.2) is 24.3 Å². The summed E-state index contributed by atoms with van der Waals surface area (Å²) in [6.07, 6.45) is -2.66. The third kappa shape index (κ3) is 4.06. The number of ketones is 1. The Morgan fingerprint density at radius 2 is 2.20 bits per heavy atom. The Morgan fingerprint density at radius 1 is 1.47 bits per heavy atom. The van der Waals surface area contributed by atoms with Gasteiger partial charge in [-0.3, -0.25) is 4.79 Å². The van der Waals surface area contributed by atoms with Crippen molar-refractivity contribution in [2.45, 2.75) is 19.8 Å². The molecule has 1 aromatic rings. The summed E-state index contributed by atoms with van der Waals surface area (Å²) in [6.45, 7) is 1.40.